The second kappa shape index (κ2) is 10.5. The zero-order chi connectivity index (χ0) is 23.3. The van der Waals surface area contributed by atoms with E-state index in [1.807, 2.05) is 18.2 Å². The Morgan fingerprint density at radius 3 is 2.15 bits per heavy atom. The van der Waals surface area contributed by atoms with Gasteiger partial charge in [0.15, 0.2) is 0 Å². The lowest BCUT2D eigenvalue weighted by atomic mass is 10.0. The predicted molar refractivity (Wildman–Crippen MR) is 118 cm³/mol. The van der Waals surface area contributed by atoms with Crippen LogP contribution in [0.15, 0.2) is 48.5 Å². The zero-order valence-corrected chi connectivity index (χ0v) is 18.3. The van der Waals surface area contributed by atoms with Crippen LogP contribution in [0.3, 0.4) is 0 Å². The first-order chi connectivity index (χ1) is 15.9. The molecule has 2 heterocycles. The minimum absolute atomic E-state index is 0.206. The molecule has 2 fully saturated rings. The Bertz CT molecular complexity index is 925. The van der Waals surface area contributed by atoms with E-state index in [1.165, 1.54) is 12.1 Å². The molecule has 1 amide bonds. The van der Waals surface area contributed by atoms with Gasteiger partial charge in [0.2, 0.25) is 0 Å². The highest BCUT2D eigenvalue weighted by atomic mass is 19.4. The summed E-state index contributed by atoms with van der Waals surface area (Å²) < 4.78 is 49.9. The SMILES string of the molecule is O=C(NCC(c1ccc(C(F)(F)F)cc1)N1CCOCC1)c1ccccc1N1CCOCC1. The molecule has 0 spiro atoms. The molecule has 0 aromatic heterocycles. The van der Waals surface area contributed by atoms with Crippen LogP contribution in [0, 0.1) is 0 Å². The number of alkyl halides is 3. The van der Waals surface area contributed by atoms with E-state index in [4.69, 9.17) is 9.47 Å². The van der Waals surface area contributed by atoms with Crippen LogP contribution in [0.4, 0.5) is 18.9 Å². The molecule has 0 radical (unpaired) electrons. The summed E-state index contributed by atoms with van der Waals surface area (Å²) in [6.45, 7) is 5.32. The fourth-order valence-corrected chi connectivity index (χ4v) is 4.27. The first-order valence-electron chi connectivity index (χ1n) is 11.1. The molecule has 2 aliphatic rings. The molecule has 6 nitrogen and oxygen atoms in total. The number of para-hydroxylation sites is 1. The Kier molecular flexibility index (Phi) is 7.52. The van der Waals surface area contributed by atoms with Gasteiger partial charge in [-0.1, -0.05) is 24.3 Å². The van der Waals surface area contributed by atoms with E-state index in [0.29, 0.717) is 58.2 Å². The van der Waals surface area contributed by atoms with E-state index in [2.05, 4.69) is 15.1 Å². The number of carbonyl (C=O) groups excluding carboxylic acids is 1. The van der Waals surface area contributed by atoms with Crippen molar-refractivity contribution in [2.24, 2.45) is 0 Å². The molecule has 0 aliphatic carbocycles. The van der Waals surface area contributed by atoms with Crippen LogP contribution in [0.5, 0.6) is 0 Å². The van der Waals surface area contributed by atoms with E-state index in [9.17, 15) is 18.0 Å². The Morgan fingerprint density at radius 1 is 0.909 bits per heavy atom. The van der Waals surface area contributed by atoms with Crippen LogP contribution in [-0.2, 0) is 15.7 Å². The number of benzene rings is 2. The highest BCUT2D eigenvalue weighted by Gasteiger charge is 2.31. The summed E-state index contributed by atoms with van der Waals surface area (Å²) in [6.07, 6.45) is -4.38. The standard InChI is InChI=1S/C24H28F3N3O3/c25-24(26,27)19-7-5-18(6-8-19)22(30-11-15-33-16-12-30)17-28-23(31)20-3-1-2-4-21(20)29-9-13-32-14-10-29/h1-8,22H,9-17H2,(H,28,31). The first-order valence-corrected chi connectivity index (χ1v) is 11.1. The van der Waals surface area contributed by atoms with Gasteiger partial charge in [-0.2, -0.15) is 13.2 Å². The molecule has 33 heavy (non-hydrogen) atoms. The van der Waals surface area contributed by atoms with Crippen molar-refractivity contribution in [3.8, 4) is 0 Å². The van der Waals surface area contributed by atoms with Crippen LogP contribution in [0.25, 0.3) is 0 Å². The molecule has 2 saturated heterocycles. The number of ether oxygens (including phenoxy) is 2. The molecule has 4 rings (SSSR count). The van der Waals surface area contributed by atoms with Gasteiger partial charge in [-0.05, 0) is 29.8 Å². The molecule has 1 unspecified atom stereocenters. The minimum atomic E-state index is -4.38. The van der Waals surface area contributed by atoms with Crippen molar-refractivity contribution in [1.82, 2.24) is 10.2 Å². The first kappa shape index (κ1) is 23.5. The lowest BCUT2D eigenvalue weighted by molar-refractivity contribution is -0.137. The van der Waals surface area contributed by atoms with Crippen molar-refractivity contribution < 1.29 is 27.4 Å². The lowest BCUT2D eigenvalue weighted by Crippen LogP contribution is -2.44. The van der Waals surface area contributed by atoms with Crippen LogP contribution in [0.1, 0.15) is 27.5 Å². The third-order valence-corrected chi connectivity index (χ3v) is 6.07. The topological polar surface area (TPSA) is 54.0 Å². The minimum Gasteiger partial charge on any atom is -0.379 e. The average molecular weight is 464 g/mol. The fourth-order valence-electron chi connectivity index (χ4n) is 4.27. The number of hydrogen-bond donors (Lipinski definition) is 1. The quantitative estimate of drug-likeness (QED) is 0.712. The van der Waals surface area contributed by atoms with Crippen molar-refractivity contribution in [3.05, 3.63) is 65.2 Å². The van der Waals surface area contributed by atoms with Crippen molar-refractivity contribution in [2.75, 3.05) is 64.1 Å². The second-order valence-corrected chi connectivity index (χ2v) is 8.11. The molecule has 178 valence electrons. The van der Waals surface area contributed by atoms with Gasteiger partial charge in [-0.3, -0.25) is 9.69 Å². The van der Waals surface area contributed by atoms with Gasteiger partial charge in [-0.25, -0.2) is 0 Å². The lowest BCUT2D eigenvalue weighted by Gasteiger charge is -2.35. The van der Waals surface area contributed by atoms with Crippen LogP contribution < -0.4 is 10.2 Å². The second-order valence-electron chi connectivity index (χ2n) is 8.11. The molecule has 1 N–H and O–H groups in total. The Morgan fingerprint density at radius 2 is 1.52 bits per heavy atom. The molecule has 2 aromatic carbocycles. The predicted octanol–water partition coefficient (Wildman–Crippen LogP) is 3.35. The largest absolute Gasteiger partial charge is 0.416 e. The van der Waals surface area contributed by atoms with Crippen molar-refractivity contribution >= 4 is 11.6 Å². The maximum atomic E-state index is 13.2. The summed E-state index contributed by atoms with van der Waals surface area (Å²) in [5.41, 5.74) is 1.48. The number of rotatable bonds is 6. The third-order valence-electron chi connectivity index (χ3n) is 6.07. The van der Waals surface area contributed by atoms with Gasteiger partial charge < -0.3 is 19.7 Å². The number of nitrogens with zero attached hydrogens (tertiary/aromatic N) is 2. The molecule has 2 aliphatic heterocycles. The van der Waals surface area contributed by atoms with E-state index >= 15 is 0 Å². The Hall–Kier alpha value is -2.62. The fraction of sp³-hybridized carbons (Fsp3) is 0.458. The Labute approximate surface area is 191 Å². The number of halogens is 3. The van der Waals surface area contributed by atoms with Crippen molar-refractivity contribution in [2.45, 2.75) is 12.2 Å². The van der Waals surface area contributed by atoms with Crippen molar-refractivity contribution in [3.63, 3.8) is 0 Å². The highest BCUT2D eigenvalue weighted by molar-refractivity contribution is 5.99. The van der Waals surface area contributed by atoms with Crippen molar-refractivity contribution in [1.29, 1.82) is 0 Å². The van der Waals surface area contributed by atoms with Gasteiger partial charge in [0.1, 0.15) is 0 Å². The number of hydrogen-bond acceptors (Lipinski definition) is 5. The summed E-state index contributed by atoms with van der Waals surface area (Å²) in [5.74, 6) is -0.206. The Balaban J connectivity index is 1.51. The number of anilines is 1. The maximum Gasteiger partial charge on any atom is 0.416 e. The van der Waals surface area contributed by atoms with Crippen LogP contribution >= 0.6 is 0 Å². The number of amides is 1. The molecular weight excluding hydrogens is 435 g/mol. The van der Waals surface area contributed by atoms with Gasteiger partial charge >= 0.3 is 6.18 Å². The molecule has 0 saturated carbocycles. The summed E-state index contributed by atoms with van der Waals surface area (Å²) >= 11 is 0. The number of nitrogens with one attached hydrogen (secondary N) is 1. The van der Waals surface area contributed by atoms with Crippen LogP contribution in [0.2, 0.25) is 0 Å². The highest BCUT2D eigenvalue weighted by Crippen LogP contribution is 2.31. The maximum absolute atomic E-state index is 13.2. The van der Waals surface area contributed by atoms with E-state index < -0.39 is 11.7 Å². The van der Waals surface area contributed by atoms with Gasteiger partial charge in [0.05, 0.1) is 43.6 Å². The van der Waals surface area contributed by atoms with E-state index in [0.717, 1.165) is 23.4 Å². The van der Waals surface area contributed by atoms with Gasteiger partial charge in [-0.15, -0.1) is 0 Å². The molecule has 9 heteroatoms. The molecular formula is C24H28F3N3O3. The molecule has 1 atom stereocenters. The average Bonchev–Trinajstić information content (AvgIpc) is 2.85. The van der Waals surface area contributed by atoms with Gasteiger partial charge in [0, 0.05) is 38.4 Å². The van der Waals surface area contributed by atoms with Crippen LogP contribution in [-0.4, -0.2) is 70.0 Å². The third kappa shape index (κ3) is 5.85. The summed E-state index contributed by atoms with van der Waals surface area (Å²) in [4.78, 5) is 17.4. The van der Waals surface area contributed by atoms with Gasteiger partial charge in [0.25, 0.3) is 5.91 Å². The smallest absolute Gasteiger partial charge is 0.379 e. The number of carbonyl (C=O) groups is 1. The molecule has 2 aromatic rings. The summed E-state index contributed by atoms with van der Waals surface area (Å²) in [5, 5.41) is 3.02. The normalized spacial score (nSPS) is 18.7. The summed E-state index contributed by atoms with van der Waals surface area (Å²) in [7, 11) is 0. The van der Waals surface area contributed by atoms with E-state index in [1.54, 1.807) is 6.07 Å². The monoisotopic (exact) mass is 463 g/mol. The molecule has 0 bridgehead atoms. The summed E-state index contributed by atoms with van der Waals surface area (Å²) in [6, 6.07) is 12.4. The van der Waals surface area contributed by atoms with E-state index in [-0.39, 0.29) is 18.5 Å². The number of morpholine rings is 2. The zero-order valence-electron chi connectivity index (χ0n) is 18.3.